The van der Waals surface area contributed by atoms with E-state index < -0.39 is 6.10 Å². The number of rotatable bonds is 2. The second-order valence-corrected chi connectivity index (χ2v) is 4.49. The van der Waals surface area contributed by atoms with Crippen molar-refractivity contribution in [2.75, 3.05) is 0 Å². The molecule has 3 aromatic rings. The third-order valence-electron chi connectivity index (χ3n) is 3.15. The van der Waals surface area contributed by atoms with Gasteiger partial charge < -0.3 is 5.11 Å². The molecule has 0 radical (unpaired) electrons. The summed E-state index contributed by atoms with van der Waals surface area (Å²) in [5.41, 5.74) is 2.14. The van der Waals surface area contributed by atoms with Gasteiger partial charge >= 0.3 is 0 Å². The van der Waals surface area contributed by atoms with Crippen LogP contribution in [0.25, 0.3) is 16.6 Å². The molecule has 3 rings (SSSR count). The molecule has 0 bridgehead atoms. The first-order valence-corrected chi connectivity index (χ1v) is 6.07. The summed E-state index contributed by atoms with van der Waals surface area (Å²) in [5, 5.41) is 15.1. The van der Waals surface area contributed by atoms with Crippen molar-refractivity contribution in [2.45, 2.75) is 13.0 Å². The number of aromatic nitrogens is 2. The number of hydrogen-bond acceptors (Lipinski definition) is 2. The minimum absolute atomic E-state index is 0.365. The van der Waals surface area contributed by atoms with Crippen LogP contribution in [0.4, 0.5) is 4.39 Å². The molecule has 0 aliphatic heterocycles. The standard InChI is InChI=1S/C15H13FN2O/c1-10(19)13-8-12(16)6-7-15(13)18-14-5-3-2-4-11(14)9-17-18/h2-10,19H,1H3/t10-/m0/s1. The maximum atomic E-state index is 13.3. The average molecular weight is 256 g/mol. The Balaban J connectivity index is 2.27. The van der Waals surface area contributed by atoms with Gasteiger partial charge in [-0.15, -0.1) is 0 Å². The van der Waals surface area contributed by atoms with Crippen LogP contribution in [0.2, 0.25) is 0 Å². The van der Waals surface area contributed by atoms with Crippen LogP contribution in [0.3, 0.4) is 0 Å². The molecule has 0 saturated carbocycles. The van der Waals surface area contributed by atoms with Crippen molar-refractivity contribution in [1.29, 1.82) is 0 Å². The zero-order chi connectivity index (χ0) is 13.4. The number of fused-ring (bicyclic) bond motifs is 1. The van der Waals surface area contributed by atoms with E-state index >= 15 is 0 Å². The van der Waals surface area contributed by atoms with E-state index in [9.17, 15) is 9.50 Å². The predicted octanol–water partition coefficient (Wildman–Crippen LogP) is 3.22. The van der Waals surface area contributed by atoms with Crippen LogP contribution >= 0.6 is 0 Å². The van der Waals surface area contributed by atoms with E-state index in [-0.39, 0.29) is 5.82 Å². The van der Waals surface area contributed by atoms with Gasteiger partial charge in [0.1, 0.15) is 5.82 Å². The van der Waals surface area contributed by atoms with Crippen LogP contribution in [0.1, 0.15) is 18.6 Å². The van der Waals surface area contributed by atoms with Crippen molar-refractivity contribution in [2.24, 2.45) is 0 Å². The van der Waals surface area contributed by atoms with Gasteiger partial charge in [0, 0.05) is 10.9 Å². The molecule has 19 heavy (non-hydrogen) atoms. The Morgan fingerprint density at radius 1 is 1.21 bits per heavy atom. The van der Waals surface area contributed by atoms with E-state index in [4.69, 9.17) is 0 Å². The van der Waals surface area contributed by atoms with Crippen LogP contribution in [0, 0.1) is 5.82 Å². The van der Waals surface area contributed by atoms with Crippen molar-refractivity contribution < 1.29 is 9.50 Å². The Morgan fingerprint density at radius 2 is 2.00 bits per heavy atom. The second kappa shape index (κ2) is 4.48. The second-order valence-electron chi connectivity index (χ2n) is 4.49. The fourth-order valence-corrected chi connectivity index (χ4v) is 2.22. The summed E-state index contributed by atoms with van der Waals surface area (Å²) in [7, 11) is 0. The Morgan fingerprint density at radius 3 is 2.79 bits per heavy atom. The monoisotopic (exact) mass is 256 g/mol. The molecule has 1 heterocycles. The minimum atomic E-state index is -0.756. The van der Waals surface area contributed by atoms with Gasteiger partial charge in [0.05, 0.1) is 23.5 Å². The topological polar surface area (TPSA) is 38.0 Å². The minimum Gasteiger partial charge on any atom is -0.389 e. The largest absolute Gasteiger partial charge is 0.389 e. The number of aliphatic hydroxyl groups excluding tert-OH is 1. The molecule has 2 aromatic carbocycles. The fourth-order valence-electron chi connectivity index (χ4n) is 2.22. The van der Waals surface area contributed by atoms with Crippen LogP contribution in [0.5, 0.6) is 0 Å². The molecule has 96 valence electrons. The van der Waals surface area contributed by atoms with Crippen molar-refractivity contribution in [1.82, 2.24) is 9.78 Å². The number of nitrogens with zero attached hydrogens (tertiary/aromatic N) is 2. The van der Waals surface area contributed by atoms with Gasteiger partial charge in [0.25, 0.3) is 0 Å². The number of hydrogen-bond donors (Lipinski definition) is 1. The Bertz CT molecular complexity index is 734. The SMILES string of the molecule is C[C@H](O)c1cc(F)ccc1-n1ncc2ccccc21. The van der Waals surface area contributed by atoms with Crippen LogP contribution < -0.4 is 0 Å². The molecule has 0 aliphatic rings. The molecule has 3 nitrogen and oxygen atoms in total. The highest BCUT2D eigenvalue weighted by Crippen LogP contribution is 2.25. The molecule has 1 aromatic heterocycles. The highest BCUT2D eigenvalue weighted by molar-refractivity contribution is 5.80. The maximum absolute atomic E-state index is 13.3. The lowest BCUT2D eigenvalue weighted by Gasteiger charge is -2.13. The molecule has 1 atom stereocenters. The molecule has 0 fully saturated rings. The third-order valence-corrected chi connectivity index (χ3v) is 3.15. The van der Waals surface area contributed by atoms with Crippen molar-refractivity contribution in [3.05, 3.63) is 60.0 Å². The molecule has 4 heteroatoms. The van der Waals surface area contributed by atoms with E-state index in [0.717, 1.165) is 10.9 Å². The van der Waals surface area contributed by atoms with E-state index in [1.54, 1.807) is 23.9 Å². The molecule has 1 N–H and O–H groups in total. The van der Waals surface area contributed by atoms with Crippen LogP contribution in [-0.4, -0.2) is 14.9 Å². The Labute approximate surface area is 109 Å². The molecule has 0 spiro atoms. The summed E-state index contributed by atoms with van der Waals surface area (Å²) in [6, 6.07) is 12.1. The van der Waals surface area contributed by atoms with Crippen molar-refractivity contribution >= 4 is 10.9 Å². The summed E-state index contributed by atoms with van der Waals surface area (Å²) in [6.45, 7) is 1.62. The Hall–Kier alpha value is -2.20. The number of aliphatic hydroxyl groups is 1. The lowest BCUT2D eigenvalue weighted by molar-refractivity contribution is 0.198. The van der Waals surface area contributed by atoms with E-state index in [2.05, 4.69) is 5.10 Å². The average Bonchev–Trinajstić information content (AvgIpc) is 2.82. The lowest BCUT2D eigenvalue weighted by Crippen LogP contribution is -2.04. The normalized spacial score (nSPS) is 12.8. The Kier molecular flexibility index (Phi) is 2.80. The van der Waals surface area contributed by atoms with Gasteiger partial charge in [-0.05, 0) is 31.2 Å². The van der Waals surface area contributed by atoms with Crippen molar-refractivity contribution in [3.63, 3.8) is 0 Å². The molecular formula is C15H13FN2O. The first kappa shape index (κ1) is 11.9. The van der Waals surface area contributed by atoms with Crippen molar-refractivity contribution in [3.8, 4) is 5.69 Å². The highest BCUT2D eigenvalue weighted by Gasteiger charge is 2.13. The summed E-state index contributed by atoms with van der Waals surface area (Å²) in [5.74, 6) is -0.365. The molecule has 0 aliphatic carbocycles. The predicted molar refractivity (Wildman–Crippen MR) is 71.7 cm³/mol. The summed E-state index contributed by atoms with van der Waals surface area (Å²) in [4.78, 5) is 0. The summed E-state index contributed by atoms with van der Waals surface area (Å²) in [6.07, 6.45) is 0.999. The van der Waals surface area contributed by atoms with Gasteiger partial charge in [-0.25, -0.2) is 9.07 Å². The zero-order valence-corrected chi connectivity index (χ0v) is 10.4. The van der Waals surface area contributed by atoms with Crippen LogP contribution in [-0.2, 0) is 0 Å². The molecule has 0 saturated heterocycles. The summed E-state index contributed by atoms with van der Waals surface area (Å²) < 4.78 is 15.0. The first-order chi connectivity index (χ1) is 9.16. The molecule has 0 unspecified atom stereocenters. The molecule has 0 amide bonds. The number of halogens is 1. The van der Waals surface area contributed by atoms with Gasteiger partial charge in [-0.2, -0.15) is 5.10 Å². The smallest absolute Gasteiger partial charge is 0.123 e. The zero-order valence-electron chi connectivity index (χ0n) is 10.4. The maximum Gasteiger partial charge on any atom is 0.123 e. The number of para-hydroxylation sites is 1. The molecular weight excluding hydrogens is 243 g/mol. The fraction of sp³-hybridized carbons (Fsp3) is 0.133. The first-order valence-electron chi connectivity index (χ1n) is 6.07. The highest BCUT2D eigenvalue weighted by atomic mass is 19.1. The van der Waals surface area contributed by atoms with Gasteiger partial charge in [-0.1, -0.05) is 18.2 Å². The van der Waals surface area contributed by atoms with Crippen LogP contribution in [0.15, 0.2) is 48.7 Å². The van der Waals surface area contributed by atoms with E-state index in [1.165, 1.54) is 12.1 Å². The van der Waals surface area contributed by atoms with Gasteiger partial charge in [-0.3, -0.25) is 0 Å². The summed E-state index contributed by atoms with van der Waals surface area (Å²) >= 11 is 0. The van der Waals surface area contributed by atoms with E-state index in [0.29, 0.717) is 11.3 Å². The van der Waals surface area contributed by atoms with Gasteiger partial charge in [0.15, 0.2) is 0 Å². The lowest BCUT2D eigenvalue weighted by atomic mass is 10.1. The van der Waals surface area contributed by atoms with Gasteiger partial charge in [0.2, 0.25) is 0 Å². The number of benzene rings is 2. The third kappa shape index (κ3) is 2.00. The van der Waals surface area contributed by atoms with E-state index in [1.807, 2.05) is 24.3 Å². The quantitative estimate of drug-likeness (QED) is 0.764.